The second-order valence-electron chi connectivity index (χ2n) is 6.74. The number of hydrogen-bond donors (Lipinski definition) is 1. The molecular weight excluding hydrogens is 432 g/mol. The molecule has 0 spiro atoms. The molecule has 0 bridgehead atoms. The molecule has 0 aliphatic carbocycles. The number of ether oxygens (including phenoxy) is 1. The molecule has 5 rings (SSSR count). The number of para-hydroxylation sites is 1. The SMILES string of the molecule is C=CCSc1nnc2c(n1)O[C@@H](c1ccc(-c3ccc(Cl)cc3)o1)Nc1ccccc1-2. The third kappa shape index (κ3) is 4.02. The fourth-order valence-electron chi connectivity index (χ4n) is 3.23. The smallest absolute Gasteiger partial charge is 0.247 e. The average Bonchev–Trinajstić information content (AvgIpc) is 3.22. The summed E-state index contributed by atoms with van der Waals surface area (Å²) in [6.45, 7) is 3.73. The Bertz CT molecular complexity index is 1240. The van der Waals surface area contributed by atoms with Crippen molar-refractivity contribution >= 4 is 29.1 Å². The number of thioether (sulfide) groups is 1. The van der Waals surface area contributed by atoms with Crippen LogP contribution in [-0.2, 0) is 0 Å². The monoisotopic (exact) mass is 448 g/mol. The Kier molecular flexibility index (Phi) is 5.36. The fraction of sp³-hybridized carbons (Fsp3) is 0.0870. The van der Waals surface area contributed by atoms with Gasteiger partial charge < -0.3 is 14.5 Å². The lowest BCUT2D eigenvalue weighted by Gasteiger charge is -2.16. The topological polar surface area (TPSA) is 73.1 Å². The zero-order valence-corrected chi connectivity index (χ0v) is 17.9. The second-order valence-corrected chi connectivity index (χ2v) is 8.17. The number of aromatic nitrogens is 3. The molecule has 1 N–H and O–H groups in total. The van der Waals surface area contributed by atoms with E-state index in [1.54, 1.807) is 6.08 Å². The van der Waals surface area contributed by atoms with Gasteiger partial charge in [-0.25, -0.2) is 0 Å². The molecule has 4 aromatic rings. The highest BCUT2D eigenvalue weighted by molar-refractivity contribution is 7.99. The Morgan fingerprint density at radius 2 is 1.90 bits per heavy atom. The average molecular weight is 449 g/mol. The lowest BCUT2D eigenvalue weighted by Crippen LogP contribution is -2.16. The van der Waals surface area contributed by atoms with E-state index in [0.29, 0.717) is 33.3 Å². The van der Waals surface area contributed by atoms with Gasteiger partial charge in [-0.05, 0) is 42.5 Å². The van der Waals surface area contributed by atoms with Crippen LogP contribution in [0.2, 0.25) is 5.02 Å². The van der Waals surface area contributed by atoms with Crippen LogP contribution in [0.3, 0.4) is 0 Å². The number of rotatable bonds is 5. The van der Waals surface area contributed by atoms with Crippen LogP contribution in [0.15, 0.2) is 82.9 Å². The molecule has 1 aliphatic rings. The molecule has 0 saturated heterocycles. The maximum atomic E-state index is 6.24. The van der Waals surface area contributed by atoms with Gasteiger partial charge in [-0.1, -0.05) is 47.6 Å². The van der Waals surface area contributed by atoms with Gasteiger partial charge in [0.2, 0.25) is 17.3 Å². The van der Waals surface area contributed by atoms with Crippen molar-refractivity contribution in [3.05, 3.63) is 84.1 Å². The van der Waals surface area contributed by atoms with Crippen LogP contribution in [0.4, 0.5) is 5.69 Å². The number of anilines is 1. The Labute approximate surface area is 188 Å². The minimum absolute atomic E-state index is 0.397. The van der Waals surface area contributed by atoms with E-state index in [9.17, 15) is 0 Å². The van der Waals surface area contributed by atoms with Crippen molar-refractivity contribution in [1.82, 2.24) is 15.2 Å². The van der Waals surface area contributed by atoms with E-state index in [0.717, 1.165) is 22.6 Å². The van der Waals surface area contributed by atoms with Crippen molar-refractivity contribution in [1.29, 1.82) is 0 Å². The predicted molar refractivity (Wildman–Crippen MR) is 122 cm³/mol. The summed E-state index contributed by atoms with van der Waals surface area (Å²) in [6, 6.07) is 19.1. The summed E-state index contributed by atoms with van der Waals surface area (Å²) in [7, 11) is 0. The van der Waals surface area contributed by atoms with Crippen molar-refractivity contribution in [2.24, 2.45) is 0 Å². The number of furan rings is 1. The van der Waals surface area contributed by atoms with Crippen molar-refractivity contribution in [2.45, 2.75) is 11.4 Å². The highest BCUT2D eigenvalue weighted by Crippen LogP contribution is 2.40. The van der Waals surface area contributed by atoms with Crippen LogP contribution in [0.1, 0.15) is 12.0 Å². The Morgan fingerprint density at radius 3 is 2.74 bits per heavy atom. The van der Waals surface area contributed by atoms with Crippen molar-refractivity contribution < 1.29 is 9.15 Å². The molecular formula is C23H17ClN4O2S. The number of hydrogen-bond acceptors (Lipinski definition) is 7. The third-order valence-electron chi connectivity index (χ3n) is 4.68. The lowest BCUT2D eigenvalue weighted by atomic mass is 10.1. The number of nitrogens with one attached hydrogen (secondary N) is 1. The van der Waals surface area contributed by atoms with Gasteiger partial charge in [0.1, 0.15) is 5.76 Å². The highest BCUT2D eigenvalue weighted by Gasteiger charge is 2.28. The zero-order valence-electron chi connectivity index (χ0n) is 16.3. The van der Waals surface area contributed by atoms with Gasteiger partial charge in [-0.3, -0.25) is 0 Å². The van der Waals surface area contributed by atoms with Crippen molar-refractivity contribution in [2.75, 3.05) is 11.1 Å². The fourth-order valence-corrected chi connectivity index (χ4v) is 3.87. The number of benzene rings is 2. The van der Waals surface area contributed by atoms with Gasteiger partial charge in [-0.2, -0.15) is 4.98 Å². The summed E-state index contributed by atoms with van der Waals surface area (Å²) in [4.78, 5) is 4.58. The van der Waals surface area contributed by atoms with E-state index in [1.165, 1.54) is 11.8 Å². The maximum Gasteiger partial charge on any atom is 0.247 e. The number of fused-ring (bicyclic) bond motifs is 3. The molecule has 0 unspecified atom stereocenters. The van der Waals surface area contributed by atoms with Crippen molar-refractivity contribution in [3.8, 4) is 28.5 Å². The summed E-state index contributed by atoms with van der Waals surface area (Å²) in [5.41, 5.74) is 3.23. The first-order valence-electron chi connectivity index (χ1n) is 9.58. The van der Waals surface area contributed by atoms with Gasteiger partial charge in [0.25, 0.3) is 0 Å². The van der Waals surface area contributed by atoms with Gasteiger partial charge in [0.05, 0.1) is 0 Å². The molecule has 2 aromatic carbocycles. The Morgan fingerprint density at radius 1 is 1.06 bits per heavy atom. The van der Waals surface area contributed by atoms with Gasteiger partial charge in [-0.15, -0.1) is 16.8 Å². The molecule has 8 heteroatoms. The van der Waals surface area contributed by atoms with Crippen LogP contribution in [0, 0.1) is 0 Å². The van der Waals surface area contributed by atoms with Crippen LogP contribution >= 0.6 is 23.4 Å². The molecule has 0 radical (unpaired) electrons. The van der Waals surface area contributed by atoms with E-state index >= 15 is 0 Å². The molecule has 3 heterocycles. The highest BCUT2D eigenvalue weighted by atomic mass is 35.5. The van der Waals surface area contributed by atoms with Crippen LogP contribution in [-0.4, -0.2) is 20.9 Å². The van der Waals surface area contributed by atoms with Crippen LogP contribution < -0.4 is 10.1 Å². The minimum atomic E-state index is -0.586. The molecule has 1 aliphatic heterocycles. The molecule has 0 amide bonds. The first-order chi connectivity index (χ1) is 15.2. The summed E-state index contributed by atoms with van der Waals surface area (Å²) >= 11 is 7.44. The second kappa shape index (κ2) is 8.45. The lowest BCUT2D eigenvalue weighted by molar-refractivity contribution is 0.196. The third-order valence-corrected chi connectivity index (χ3v) is 5.76. The first kappa shape index (κ1) is 19.7. The van der Waals surface area contributed by atoms with Crippen LogP contribution in [0.5, 0.6) is 5.88 Å². The molecule has 154 valence electrons. The number of nitrogens with zero attached hydrogens (tertiary/aromatic N) is 3. The van der Waals surface area contributed by atoms with Gasteiger partial charge >= 0.3 is 0 Å². The van der Waals surface area contributed by atoms with Crippen molar-refractivity contribution in [3.63, 3.8) is 0 Å². The molecule has 1 atom stereocenters. The van der Waals surface area contributed by atoms with E-state index < -0.39 is 6.23 Å². The Hall–Kier alpha value is -3.29. The molecule has 2 aromatic heterocycles. The summed E-state index contributed by atoms with van der Waals surface area (Å²) in [5, 5.41) is 13.2. The largest absolute Gasteiger partial charge is 0.455 e. The van der Waals surface area contributed by atoms with Gasteiger partial charge in [0, 0.05) is 27.6 Å². The standard InChI is InChI=1S/C23H17ClN4O2S/c1-2-13-31-23-26-22-20(27-28-23)16-5-3-4-6-17(16)25-21(30-22)19-12-11-18(29-19)14-7-9-15(24)10-8-14/h2-12,21,25H,1,13H2/t21-/m0/s1. The van der Waals surface area contributed by atoms with Crippen LogP contribution in [0.25, 0.3) is 22.6 Å². The molecule has 31 heavy (non-hydrogen) atoms. The minimum Gasteiger partial charge on any atom is -0.455 e. The van der Waals surface area contributed by atoms with E-state index in [-0.39, 0.29) is 0 Å². The predicted octanol–water partition coefficient (Wildman–Crippen LogP) is 6.23. The maximum absolute atomic E-state index is 6.24. The Balaban J connectivity index is 1.53. The quantitative estimate of drug-likeness (QED) is 0.286. The van der Waals surface area contributed by atoms with E-state index in [2.05, 4.69) is 27.1 Å². The molecule has 0 saturated carbocycles. The molecule has 6 nitrogen and oxygen atoms in total. The van der Waals surface area contributed by atoms with E-state index in [4.69, 9.17) is 20.8 Å². The summed E-state index contributed by atoms with van der Waals surface area (Å²) in [5.74, 6) is 2.42. The summed E-state index contributed by atoms with van der Waals surface area (Å²) in [6.07, 6.45) is 1.21. The van der Waals surface area contributed by atoms with Gasteiger partial charge in [0.15, 0.2) is 11.5 Å². The zero-order chi connectivity index (χ0) is 21.2. The summed E-state index contributed by atoms with van der Waals surface area (Å²) < 4.78 is 12.4. The molecule has 0 fully saturated rings. The first-order valence-corrected chi connectivity index (χ1v) is 10.9. The normalized spacial score (nSPS) is 14.5. The van der Waals surface area contributed by atoms with E-state index in [1.807, 2.05) is 60.7 Å². The number of halogens is 1.